The number of amides is 11. The highest BCUT2D eigenvalue weighted by Gasteiger charge is 2.28. The minimum atomic E-state index is -1.70. The van der Waals surface area contributed by atoms with Crippen molar-refractivity contribution in [3.63, 3.8) is 0 Å². The summed E-state index contributed by atoms with van der Waals surface area (Å²) in [4.78, 5) is 146. The van der Waals surface area contributed by atoms with Gasteiger partial charge in [0.1, 0.15) is 36.3 Å². The summed E-state index contributed by atoms with van der Waals surface area (Å²) in [7, 11) is 0. The fourth-order valence-corrected chi connectivity index (χ4v) is 4.93. The summed E-state index contributed by atoms with van der Waals surface area (Å²) in [6.07, 6.45) is 1.37. The molecule has 0 aromatic carbocycles. The third-order valence-corrected chi connectivity index (χ3v) is 8.39. The Morgan fingerprint density at radius 2 is 0.746 bits per heavy atom. The lowest BCUT2D eigenvalue weighted by atomic mass is 10.2. The molecular formula is C33H54N12O18. The third-order valence-electron chi connectivity index (χ3n) is 8.39. The van der Waals surface area contributed by atoms with Gasteiger partial charge in [-0.25, -0.2) is 0 Å². The highest BCUT2D eigenvalue weighted by Crippen LogP contribution is 2.04. The number of carbonyl (C=O) groups excluding carboxylic acids is 11. The first-order chi connectivity index (χ1) is 29.8. The van der Waals surface area contributed by atoms with Crippen molar-refractivity contribution in [1.82, 2.24) is 63.8 Å². The number of carboxylic acids is 1. The molecule has 1 aliphatic rings. The highest BCUT2D eigenvalue weighted by atomic mass is 16.4. The summed E-state index contributed by atoms with van der Waals surface area (Å²) in [5, 5.41) is 82.4. The van der Waals surface area contributed by atoms with E-state index in [4.69, 9.17) is 5.11 Å². The molecule has 1 aliphatic heterocycles. The van der Waals surface area contributed by atoms with Crippen LogP contribution in [-0.4, -0.2) is 216 Å². The first-order valence-electron chi connectivity index (χ1n) is 19.0. The molecule has 18 N–H and O–H groups in total. The number of aliphatic hydroxyl groups is 5. The van der Waals surface area contributed by atoms with Gasteiger partial charge in [-0.3, -0.25) is 57.5 Å². The number of nitrogens with one attached hydrogen (secondary N) is 12. The molecule has 11 amide bonds. The monoisotopic (exact) mass is 906 g/mol. The van der Waals surface area contributed by atoms with E-state index in [1.54, 1.807) is 0 Å². The molecule has 1 fully saturated rings. The Hall–Kier alpha value is -6.60. The Morgan fingerprint density at radius 1 is 0.460 bits per heavy atom. The van der Waals surface area contributed by atoms with Gasteiger partial charge in [0.2, 0.25) is 65.0 Å². The zero-order valence-electron chi connectivity index (χ0n) is 33.8. The minimum absolute atomic E-state index is 0.420. The smallest absolute Gasteiger partial charge is 0.325 e. The molecule has 0 bridgehead atoms. The SMILES string of the molecule is C[C@H](NC(=O)[C@H](CO)NC(=O)CNC(=O)[C@H](CO)NC(=O)CNC(=O)[C@H](CO)NC(=O)CNC(=O)[C@H](CO)NC(=O)CNC(=O)[C@H](CO)NC(=O)CNC(=O)[C@@H]1CCCN1)C(=O)O. The minimum Gasteiger partial charge on any atom is -0.480 e. The van der Waals surface area contributed by atoms with Crippen LogP contribution in [0.15, 0.2) is 0 Å². The van der Waals surface area contributed by atoms with Gasteiger partial charge in [-0.15, -0.1) is 0 Å². The van der Waals surface area contributed by atoms with E-state index in [1.807, 2.05) is 31.9 Å². The van der Waals surface area contributed by atoms with Crippen LogP contribution in [0, 0.1) is 0 Å². The Kier molecular flexibility index (Phi) is 24.9. The van der Waals surface area contributed by atoms with E-state index in [0.29, 0.717) is 13.0 Å². The normalized spacial score (nSPS) is 15.8. The fourth-order valence-electron chi connectivity index (χ4n) is 4.93. The quantitative estimate of drug-likeness (QED) is 0.0347. The second-order valence-electron chi connectivity index (χ2n) is 13.3. The van der Waals surface area contributed by atoms with Gasteiger partial charge in [-0.1, -0.05) is 0 Å². The summed E-state index contributed by atoms with van der Waals surface area (Å²) < 4.78 is 0. The number of hydrogen-bond acceptors (Lipinski definition) is 18. The maximum absolute atomic E-state index is 12.5. The van der Waals surface area contributed by atoms with Crippen molar-refractivity contribution >= 4 is 70.9 Å². The Morgan fingerprint density at radius 3 is 1.00 bits per heavy atom. The number of hydrogen-bond donors (Lipinski definition) is 18. The second kappa shape index (κ2) is 28.8. The van der Waals surface area contributed by atoms with Gasteiger partial charge in [0, 0.05) is 0 Å². The van der Waals surface area contributed by atoms with Crippen molar-refractivity contribution in [2.75, 3.05) is 72.3 Å². The van der Waals surface area contributed by atoms with Gasteiger partial charge in [0.15, 0.2) is 0 Å². The van der Waals surface area contributed by atoms with Crippen molar-refractivity contribution < 1.29 is 88.2 Å². The van der Waals surface area contributed by atoms with E-state index < -0.39 is 179 Å². The third kappa shape index (κ3) is 20.7. The summed E-state index contributed by atoms with van der Waals surface area (Å²) in [5.41, 5.74) is 0. The molecule has 63 heavy (non-hydrogen) atoms. The van der Waals surface area contributed by atoms with Crippen LogP contribution >= 0.6 is 0 Å². The standard InChI is InChI=1S/C33H54N12O18/c1-15(33(62)63)40-32(61)21(14-50)45-26(55)9-39-31(60)20(13-49)44-25(54)8-38-30(59)19(12-48)43-24(53)7-37-29(58)18(11-47)42-23(52)6-36-28(57)17(10-46)41-22(51)5-35-27(56)16-3-2-4-34-16/h15-21,34,46-50H,2-14H2,1H3,(H,35,56)(H,36,57)(H,37,58)(H,38,59)(H,39,60)(H,40,61)(H,41,51)(H,42,52)(H,43,53)(H,44,54)(H,45,55)(H,62,63)/t15-,16-,17-,18-,19-,20-,21-/m0/s1. The zero-order valence-corrected chi connectivity index (χ0v) is 33.8. The molecule has 0 aromatic rings. The highest BCUT2D eigenvalue weighted by molar-refractivity contribution is 5.97. The van der Waals surface area contributed by atoms with E-state index in [1.165, 1.54) is 0 Å². The molecule has 0 spiro atoms. The fraction of sp³-hybridized carbons (Fsp3) is 0.636. The lowest BCUT2D eigenvalue weighted by molar-refractivity contribution is -0.142. The van der Waals surface area contributed by atoms with Gasteiger partial charge in [0.25, 0.3) is 0 Å². The van der Waals surface area contributed by atoms with Crippen molar-refractivity contribution in [1.29, 1.82) is 0 Å². The molecule has 0 aromatic heterocycles. The van der Waals surface area contributed by atoms with Gasteiger partial charge in [-0.05, 0) is 26.3 Å². The maximum atomic E-state index is 12.5. The van der Waals surface area contributed by atoms with Crippen molar-refractivity contribution in [3.8, 4) is 0 Å². The number of aliphatic hydroxyl groups excluding tert-OH is 5. The largest absolute Gasteiger partial charge is 0.480 e. The van der Waals surface area contributed by atoms with E-state index in [-0.39, 0.29) is 0 Å². The van der Waals surface area contributed by atoms with Crippen molar-refractivity contribution in [2.45, 2.75) is 62.1 Å². The van der Waals surface area contributed by atoms with Crippen molar-refractivity contribution in [3.05, 3.63) is 0 Å². The number of carboxylic acid groups (broad SMARTS) is 1. The second-order valence-corrected chi connectivity index (χ2v) is 13.3. The lowest BCUT2D eigenvalue weighted by Crippen LogP contribution is -2.57. The zero-order chi connectivity index (χ0) is 47.6. The molecule has 1 heterocycles. The van der Waals surface area contributed by atoms with Crippen LogP contribution in [0.1, 0.15) is 19.8 Å². The van der Waals surface area contributed by atoms with Gasteiger partial charge >= 0.3 is 5.97 Å². The van der Waals surface area contributed by atoms with Crippen LogP contribution < -0.4 is 63.8 Å². The average Bonchev–Trinajstić information content (AvgIpc) is 3.81. The summed E-state index contributed by atoms with van der Waals surface area (Å²) in [6.45, 7) is -6.93. The molecule has 354 valence electrons. The maximum Gasteiger partial charge on any atom is 0.325 e. The van der Waals surface area contributed by atoms with Crippen LogP contribution in [0.5, 0.6) is 0 Å². The molecule has 0 radical (unpaired) electrons. The van der Waals surface area contributed by atoms with E-state index in [9.17, 15) is 83.1 Å². The van der Waals surface area contributed by atoms with E-state index in [0.717, 1.165) is 13.3 Å². The molecule has 1 rings (SSSR count). The number of aliphatic carboxylic acids is 1. The van der Waals surface area contributed by atoms with E-state index in [2.05, 4.69) is 31.9 Å². The van der Waals surface area contributed by atoms with Gasteiger partial charge in [-0.2, -0.15) is 0 Å². The average molecular weight is 907 g/mol. The molecular weight excluding hydrogens is 852 g/mol. The predicted octanol–water partition coefficient (Wildman–Crippen LogP) is -12.7. The lowest BCUT2D eigenvalue weighted by Gasteiger charge is -2.20. The molecule has 30 heteroatoms. The number of rotatable bonds is 28. The first kappa shape index (κ1) is 54.4. The van der Waals surface area contributed by atoms with Crippen LogP contribution in [-0.2, 0) is 57.5 Å². The molecule has 1 saturated heterocycles. The Balaban J connectivity index is 2.50. The first-order valence-corrected chi connectivity index (χ1v) is 19.0. The van der Waals surface area contributed by atoms with Crippen molar-refractivity contribution in [2.24, 2.45) is 0 Å². The summed E-state index contributed by atoms with van der Waals surface area (Å²) in [6, 6.07) is -9.96. The van der Waals surface area contributed by atoms with Gasteiger partial charge < -0.3 is 94.4 Å². The summed E-state index contributed by atoms with van der Waals surface area (Å²) >= 11 is 0. The molecule has 0 unspecified atom stereocenters. The van der Waals surface area contributed by atoms with E-state index >= 15 is 0 Å². The molecule has 0 aliphatic carbocycles. The predicted molar refractivity (Wildman–Crippen MR) is 206 cm³/mol. The Bertz CT molecular complexity index is 1660. The number of carbonyl (C=O) groups is 12. The van der Waals surface area contributed by atoms with Crippen LogP contribution in [0.3, 0.4) is 0 Å². The molecule has 30 nitrogen and oxygen atoms in total. The van der Waals surface area contributed by atoms with Crippen LogP contribution in [0.4, 0.5) is 0 Å². The Labute approximate surface area is 357 Å². The topological polar surface area (TPSA) is 471 Å². The van der Waals surface area contributed by atoms with Crippen LogP contribution in [0.2, 0.25) is 0 Å². The molecule has 7 atom stereocenters. The molecule has 0 saturated carbocycles. The van der Waals surface area contributed by atoms with Crippen LogP contribution in [0.25, 0.3) is 0 Å². The van der Waals surface area contributed by atoms with Gasteiger partial charge in [0.05, 0.1) is 71.8 Å². The summed E-state index contributed by atoms with van der Waals surface area (Å²) in [5.74, 6) is -12.2.